The first-order valence-electron chi connectivity index (χ1n) is 36.6. The molecule has 2 aliphatic carbocycles. The van der Waals surface area contributed by atoms with E-state index in [4.69, 9.17) is 0 Å². The zero-order chi connectivity index (χ0) is 69.2. The molecule has 4 atom stereocenters. The van der Waals surface area contributed by atoms with Crippen LogP contribution in [0.1, 0.15) is 95.5 Å². The molecule has 0 bridgehead atoms. The van der Waals surface area contributed by atoms with Crippen molar-refractivity contribution in [2.24, 2.45) is 22.7 Å². The van der Waals surface area contributed by atoms with Crippen molar-refractivity contribution in [2.45, 2.75) is 73.1 Å². The van der Waals surface area contributed by atoms with Crippen molar-refractivity contribution in [3.8, 4) is 78.1 Å². The van der Waals surface area contributed by atoms with Crippen molar-refractivity contribution in [2.75, 3.05) is 4.90 Å². The Hall–Kier alpha value is -11.5. The van der Waals surface area contributed by atoms with E-state index in [9.17, 15) is 0 Å². The number of aromatic nitrogens is 2. The van der Waals surface area contributed by atoms with Gasteiger partial charge >= 0.3 is 0 Å². The molecule has 3 heteroatoms. The summed E-state index contributed by atoms with van der Waals surface area (Å²) in [5.74, 6) is 1.56. The number of para-hydroxylation sites is 3. The Labute approximate surface area is 600 Å². The molecule has 0 radical (unpaired) electrons. The predicted molar refractivity (Wildman–Crippen MR) is 432 cm³/mol. The van der Waals surface area contributed by atoms with Crippen LogP contribution in [0, 0.1) is 22.7 Å². The number of rotatable bonds is 13. The van der Waals surface area contributed by atoms with Crippen LogP contribution in [-0.2, 0) is 5.41 Å². The molecule has 1 spiro atoms. The number of hydrogen-bond donors (Lipinski definition) is 0. The van der Waals surface area contributed by atoms with Crippen molar-refractivity contribution in [3.63, 3.8) is 0 Å². The van der Waals surface area contributed by atoms with Crippen molar-refractivity contribution in [1.29, 1.82) is 0 Å². The summed E-state index contributed by atoms with van der Waals surface area (Å²) in [4.78, 5) is 2.41. The van der Waals surface area contributed by atoms with Crippen LogP contribution < -0.4 is 4.90 Å². The van der Waals surface area contributed by atoms with E-state index in [1.807, 2.05) is 0 Å². The summed E-state index contributed by atoms with van der Waals surface area (Å²) in [5, 5.41) is 4.88. The third-order valence-electron chi connectivity index (χ3n) is 23.6. The van der Waals surface area contributed by atoms with Crippen LogP contribution in [-0.4, -0.2) is 9.13 Å². The monoisotopic (exact) mass is 1310 g/mol. The van der Waals surface area contributed by atoms with Crippen LogP contribution >= 0.6 is 0 Å². The van der Waals surface area contributed by atoms with Crippen LogP contribution in [0.25, 0.3) is 122 Å². The van der Waals surface area contributed by atoms with Crippen molar-refractivity contribution in [1.82, 2.24) is 9.13 Å². The molecule has 2 heterocycles. The Morgan fingerprint density at radius 2 is 0.676 bits per heavy atom. The fraction of sp³-hybridized carbons (Fsp3) is 0.152. The number of nitrogens with zero attached hydrogens (tertiary/aromatic N) is 3. The number of anilines is 3. The zero-order valence-corrected chi connectivity index (χ0v) is 59.5. The number of fused-ring (bicyclic) bond motifs is 16. The zero-order valence-electron chi connectivity index (χ0n) is 59.5. The van der Waals surface area contributed by atoms with Gasteiger partial charge in [-0.15, -0.1) is 0 Å². The highest BCUT2D eigenvalue weighted by Gasteiger charge is 2.52. The van der Waals surface area contributed by atoms with Crippen molar-refractivity contribution >= 4 is 60.7 Å². The minimum absolute atomic E-state index is 0.185. The van der Waals surface area contributed by atoms with E-state index in [1.54, 1.807) is 0 Å². The molecule has 18 rings (SSSR count). The average Bonchev–Trinajstić information content (AvgIpc) is 1.51. The Kier molecular flexibility index (Phi) is 15.0. The first-order valence-corrected chi connectivity index (χ1v) is 36.6. The summed E-state index contributed by atoms with van der Waals surface area (Å²) >= 11 is 0. The molecule has 0 saturated heterocycles. The predicted octanol–water partition coefficient (Wildman–Crippen LogP) is 27.2. The SMILES string of the molecule is CC(CC(c1ccc(-c2ccc3c(c2)C2(c4ccccc4-3)c3ccccc3-c3ccc(-c4ccc5c(c4)c4cc(-c6ccc(N(c7ccc(-c8ccccc8)cc7)c7ccc8c9ccccc9n(-c9ccccc9)c8c7)cc6)ccc4n5-c4ccccc4)cc32)cc1)C(C)C(C)(C)C)C(C)(C)C. The summed E-state index contributed by atoms with van der Waals surface area (Å²) in [6.45, 7) is 19.4. The molecule has 102 heavy (non-hydrogen) atoms. The van der Waals surface area contributed by atoms with Gasteiger partial charge in [0.25, 0.3) is 0 Å². The third-order valence-corrected chi connectivity index (χ3v) is 23.6. The lowest BCUT2D eigenvalue weighted by atomic mass is 9.66. The lowest BCUT2D eigenvalue weighted by molar-refractivity contribution is 0.163. The highest BCUT2D eigenvalue weighted by molar-refractivity contribution is 6.13. The molecular formula is C99H83N3. The van der Waals surface area contributed by atoms with E-state index in [2.05, 4.69) is 397 Å². The lowest BCUT2D eigenvalue weighted by Crippen LogP contribution is -2.28. The third kappa shape index (κ3) is 10.3. The van der Waals surface area contributed by atoms with Gasteiger partial charge < -0.3 is 14.0 Å². The van der Waals surface area contributed by atoms with Gasteiger partial charge in [0.1, 0.15) is 0 Å². The lowest BCUT2D eigenvalue weighted by Gasteiger charge is -2.39. The fourth-order valence-corrected chi connectivity index (χ4v) is 17.3. The first-order chi connectivity index (χ1) is 49.7. The normalized spacial score (nSPS) is 14.8. The Balaban J connectivity index is 0.741. The van der Waals surface area contributed by atoms with Crippen molar-refractivity contribution in [3.05, 3.63) is 355 Å². The largest absolute Gasteiger partial charge is 0.310 e. The average molecular weight is 1310 g/mol. The number of benzene rings is 14. The summed E-state index contributed by atoms with van der Waals surface area (Å²) in [6, 6.07) is 123. The van der Waals surface area contributed by atoms with Crippen LogP contribution in [0.5, 0.6) is 0 Å². The second-order valence-corrected chi connectivity index (χ2v) is 31.1. The van der Waals surface area contributed by atoms with E-state index >= 15 is 0 Å². The van der Waals surface area contributed by atoms with Crippen LogP contribution in [0.3, 0.4) is 0 Å². The molecular weight excluding hydrogens is 1230 g/mol. The van der Waals surface area contributed by atoms with Crippen LogP contribution in [0.2, 0.25) is 0 Å². The van der Waals surface area contributed by atoms with E-state index in [0.717, 1.165) is 45.1 Å². The maximum Gasteiger partial charge on any atom is 0.0725 e. The van der Waals surface area contributed by atoms with Gasteiger partial charge in [0, 0.05) is 50.0 Å². The standard InChI is InChI=1S/C99H83N3/c1-64(97(3,4)5)58-86(65(2)98(6,7)8)70-38-36-68(37-39-70)73-44-53-82-80-30-18-21-33-89(80)99(91(82)61-73)90-34-22-19-31-81(90)83-54-45-74(62-92(83)99)72-47-57-95-88(60-72)87-59-71(46-56-94(87)101(95)75-26-14-10-15-27-75)69-42-50-78(51-43-69)100(77-48-40-67(41-49-77)66-24-12-9-13-25-66)79-52-55-85-84-32-20-23-35-93(84)102(96(85)63-79)76-28-16-11-17-29-76/h9-57,59-65,86H,58H2,1-8H3. The molecule has 2 aromatic heterocycles. The fourth-order valence-electron chi connectivity index (χ4n) is 17.3. The van der Waals surface area contributed by atoms with Gasteiger partial charge in [-0.05, 0) is 233 Å². The second-order valence-electron chi connectivity index (χ2n) is 31.1. The summed E-state index contributed by atoms with van der Waals surface area (Å²) < 4.78 is 4.85. The number of hydrogen-bond acceptors (Lipinski definition) is 1. The van der Waals surface area contributed by atoms with E-state index < -0.39 is 5.41 Å². The van der Waals surface area contributed by atoms with Crippen molar-refractivity contribution < 1.29 is 0 Å². The van der Waals surface area contributed by atoms with Gasteiger partial charge in [-0.25, -0.2) is 0 Å². The Bertz CT molecular complexity index is 5870. The minimum atomic E-state index is -0.528. The van der Waals surface area contributed by atoms with E-state index in [1.165, 1.54) is 128 Å². The molecule has 0 aliphatic heterocycles. The smallest absolute Gasteiger partial charge is 0.0725 e. The summed E-state index contributed by atoms with van der Waals surface area (Å²) in [6.07, 6.45) is 1.17. The van der Waals surface area contributed by atoms with Gasteiger partial charge in [0.15, 0.2) is 0 Å². The highest BCUT2D eigenvalue weighted by atomic mass is 15.1. The molecule has 0 fully saturated rings. The Morgan fingerprint density at radius 1 is 0.294 bits per heavy atom. The van der Waals surface area contributed by atoms with Gasteiger partial charge in [0.05, 0.1) is 27.5 Å². The molecule has 2 aliphatic rings. The summed E-state index contributed by atoms with van der Waals surface area (Å²) in [7, 11) is 0. The van der Waals surface area contributed by atoms with E-state index in [0.29, 0.717) is 17.8 Å². The molecule has 16 aromatic rings. The van der Waals surface area contributed by atoms with E-state index in [-0.39, 0.29) is 10.8 Å². The molecule has 494 valence electrons. The topological polar surface area (TPSA) is 13.1 Å². The molecule has 0 N–H and O–H groups in total. The van der Waals surface area contributed by atoms with Gasteiger partial charge in [-0.1, -0.05) is 280 Å². The molecule has 0 saturated carbocycles. The first kappa shape index (κ1) is 62.7. The molecule has 0 amide bonds. The van der Waals surface area contributed by atoms with Crippen LogP contribution in [0.15, 0.2) is 328 Å². The maximum atomic E-state index is 2.55. The minimum Gasteiger partial charge on any atom is -0.310 e. The van der Waals surface area contributed by atoms with Crippen LogP contribution in [0.4, 0.5) is 17.1 Å². The van der Waals surface area contributed by atoms with Gasteiger partial charge in [-0.2, -0.15) is 0 Å². The molecule has 14 aromatic carbocycles. The molecule has 4 unspecified atom stereocenters. The second kappa shape index (κ2) is 24.4. The molecule has 3 nitrogen and oxygen atoms in total. The maximum absolute atomic E-state index is 2.55. The van der Waals surface area contributed by atoms with Gasteiger partial charge in [0.2, 0.25) is 0 Å². The quantitative estimate of drug-likeness (QED) is 0.112. The Morgan fingerprint density at radius 3 is 1.22 bits per heavy atom. The highest BCUT2D eigenvalue weighted by Crippen LogP contribution is 2.64. The van der Waals surface area contributed by atoms with Gasteiger partial charge in [-0.3, -0.25) is 0 Å². The summed E-state index contributed by atoms with van der Waals surface area (Å²) in [5.41, 5.74) is 31.7.